The van der Waals surface area contributed by atoms with Crippen LogP contribution in [0.2, 0.25) is 0 Å². The summed E-state index contributed by atoms with van der Waals surface area (Å²) in [7, 11) is 5.70. The van der Waals surface area contributed by atoms with Crippen LogP contribution < -0.4 is 11.0 Å². The minimum Gasteiger partial charge on any atom is -0.373 e. The molecule has 5 nitrogen and oxygen atoms in total. The van der Waals surface area contributed by atoms with E-state index in [0.29, 0.717) is 18.6 Å². The van der Waals surface area contributed by atoms with E-state index >= 15 is 0 Å². The number of H-pyrrole nitrogens is 1. The monoisotopic (exact) mass is 464 g/mol. The van der Waals surface area contributed by atoms with Crippen LogP contribution in [-0.4, -0.2) is 45.1 Å². The fourth-order valence-corrected chi connectivity index (χ4v) is 4.28. The summed E-state index contributed by atoms with van der Waals surface area (Å²) in [6, 6.07) is 3.68. The lowest BCUT2D eigenvalue weighted by Gasteiger charge is -2.34. The van der Waals surface area contributed by atoms with Gasteiger partial charge in [0.25, 0.3) is 5.56 Å². The highest BCUT2D eigenvalue weighted by atomic mass is 79.9. The summed E-state index contributed by atoms with van der Waals surface area (Å²) < 4.78 is 6.47. The van der Waals surface area contributed by atoms with Crippen LogP contribution in [0.4, 0.5) is 0 Å². The highest BCUT2D eigenvalue weighted by molar-refractivity contribution is 9.11. The first-order valence-corrected chi connectivity index (χ1v) is 10.5. The smallest absolute Gasteiger partial charge is 0.256 e. The number of amides is 1. The highest BCUT2D eigenvalue weighted by Crippen LogP contribution is 2.33. The van der Waals surface area contributed by atoms with E-state index in [1.54, 1.807) is 18.0 Å². The predicted molar refractivity (Wildman–Crippen MR) is 130 cm³/mol. The molecular weight excluding hydrogens is 442 g/mol. The molecule has 0 fully saturated rings. The minimum absolute atomic E-state index is 0.0330. The molecule has 0 saturated carbocycles. The molecule has 1 aromatic heterocycles. The van der Waals surface area contributed by atoms with Crippen LogP contribution in [0.25, 0.3) is 10.8 Å². The van der Waals surface area contributed by atoms with Gasteiger partial charge in [-0.3, -0.25) is 9.59 Å². The molecule has 1 aromatic carbocycles. The summed E-state index contributed by atoms with van der Waals surface area (Å²) in [5.74, 6) is 2.41. The van der Waals surface area contributed by atoms with Gasteiger partial charge >= 0.3 is 0 Å². The van der Waals surface area contributed by atoms with Gasteiger partial charge in [0.2, 0.25) is 5.91 Å². The summed E-state index contributed by atoms with van der Waals surface area (Å²) in [6.45, 7) is 2.70. The molecule has 152 valence electrons. The second-order valence-corrected chi connectivity index (χ2v) is 8.64. The number of hydrogen-bond acceptors (Lipinski definition) is 3. The van der Waals surface area contributed by atoms with Gasteiger partial charge in [0.05, 0.1) is 19.3 Å². The average molecular weight is 465 g/mol. The fraction of sp³-hybridized carbons (Fsp3) is 0.273. The molecule has 1 aliphatic heterocycles. The van der Waals surface area contributed by atoms with E-state index in [-0.39, 0.29) is 23.9 Å². The number of halogens is 1. The van der Waals surface area contributed by atoms with Crippen molar-refractivity contribution in [3.8, 4) is 12.3 Å². The Labute approximate surface area is 186 Å². The van der Waals surface area contributed by atoms with Gasteiger partial charge < -0.3 is 14.6 Å². The summed E-state index contributed by atoms with van der Waals surface area (Å²) >= 11 is 3.37. The minimum atomic E-state index is -0.278. The number of carbonyl (C=O) groups is 1. The number of aromatic amines is 1. The van der Waals surface area contributed by atoms with E-state index < -0.39 is 0 Å². The molecule has 0 bridgehead atoms. The molecule has 0 spiro atoms. The number of benzene rings is 1. The van der Waals surface area contributed by atoms with E-state index in [1.165, 1.54) is 0 Å². The van der Waals surface area contributed by atoms with Crippen LogP contribution in [0, 0.1) is 19.3 Å². The SMILES string of the molecule is B/C(=C/C(Br)=C\C#C)CC(=O)N(C)C1COCc2[nH]c(=O)c3cc(C)c(B)cc3c21. The lowest BCUT2D eigenvalue weighted by atomic mass is 9.86. The Bertz CT molecular complexity index is 1180. The molecule has 30 heavy (non-hydrogen) atoms. The van der Waals surface area contributed by atoms with E-state index in [0.717, 1.165) is 37.6 Å². The number of likely N-dealkylation sites (N-methyl/N-ethyl adjacent to an activating group) is 1. The van der Waals surface area contributed by atoms with Crippen molar-refractivity contribution in [1.29, 1.82) is 0 Å². The predicted octanol–water partition coefficient (Wildman–Crippen LogP) is 0.944. The summed E-state index contributed by atoms with van der Waals surface area (Å²) in [5, 5.41) is 1.53. The Hall–Kier alpha value is -2.49. The first-order chi connectivity index (χ1) is 14.2. The van der Waals surface area contributed by atoms with Gasteiger partial charge in [0.15, 0.2) is 0 Å². The maximum Gasteiger partial charge on any atom is 0.256 e. The van der Waals surface area contributed by atoms with Crippen LogP contribution >= 0.6 is 15.9 Å². The number of allylic oxidation sites excluding steroid dienone is 3. The van der Waals surface area contributed by atoms with E-state index in [1.807, 2.05) is 40.8 Å². The molecule has 1 atom stereocenters. The van der Waals surface area contributed by atoms with Gasteiger partial charge in [-0.15, -0.1) is 6.42 Å². The van der Waals surface area contributed by atoms with Crippen molar-refractivity contribution in [2.75, 3.05) is 13.7 Å². The van der Waals surface area contributed by atoms with Crippen molar-refractivity contribution >= 4 is 53.8 Å². The average Bonchev–Trinajstić information content (AvgIpc) is 2.68. The molecule has 2 heterocycles. The largest absolute Gasteiger partial charge is 0.373 e. The number of ether oxygens (including phenoxy) is 1. The number of hydrogen-bond donors (Lipinski definition) is 1. The van der Waals surface area contributed by atoms with E-state index in [9.17, 15) is 9.59 Å². The zero-order valence-electron chi connectivity index (χ0n) is 17.6. The first kappa shape index (κ1) is 22.2. The molecule has 2 aromatic rings. The number of nitrogens with zero attached hydrogens (tertiary/aromatic N) is 1. The lowest BCUT2D eigenvalue weighted by Crippen LogP contribution is -2.37. The zero-order valence-corrected chi connectivity index (χ0v) is 19.2. The van der Waals surface area contributed by atoms with Crippen LogP contribution in [0.15, 0.2) is 39.0 Å². The number of terminal acetylenes is 1. The van der Waals surface area contributed by atoms with Crippen LogP contribution in [-0.2, 0) is 16.1 Å². The van der Waals surface area contributed by atoms with Gasteiger partial charge in [-0.2, -0.15) is 0 Å². The van der Waals surface area contributed by atoms with Gasteiger partial charge in [0, 0.05) is 40.7 Å². The van der Waals surface area contributed by atoms with Crippen LogP contribution in [0.3, 0.4) is 0 Å². The van der Waals surface area contributed by atoms with E-state index in [4.69, 9.17) is 11.2 Å². The molecule has 1 aliphatic rings. The van der Waals surface area contributed by atoms with Crippen LogP contribution in [0.5, 0.6) is 0 Å². The maximum absolute atomic E-state index is 13.0. The van der Waals surface area contributed by atoms with Gasteiger partial charge in [0.1, 0.15) is 15.7 Å². The maximum atomic E-state index is 13.0. The number of rotatable bonds is 4. The normalized spacial score (nSPS) is 16.8. The Morgan fingerprint density at radius 3 is 2.90 bits per heavy atom. The van der Waals surface area contributed by atoms with Gasteiger partial charge in [-0.25, -0.2) is 0 Å². The van der Waals surface area contributed by atoms with Gasteiger partial charge in [-0.1, -0.05) is 50.5 Å². The van der Waals surface area contributed by atoms with Crippen molar-refractivity contribution < 1.29 is 9.53 Å². The second kappa shape index (κ2) is 9.11. The Balaban J connectivity index is 2.00. The van der Waals surface area contributed by atoms with Crippen molar-refractivity contribution in [1.82, 2.24) is 9.88 Å². The van der Waals surface area contributed by atoms with E-state index in [2.05, 4.69) is 26.8 Å². The molecule has 0 radical (unpaired) electrons. The number of nitrogens with one attached hydrogen (secondary N) is 1. The number of fused-ring (bicyclic) bond motifs is 3. The summed E-state index contributed by atoms with van der Waals surface area (Å²) in [6.07, 6.45) is 8.97. The quantitative estimate of drug-likeness (QED) is 0.416. The molecular formula is C22H23B2BrN2O3. The summed E-state index contributed by atoms with van der Waals surface area (Å²) in [5.41, 5.74) is 4.63. The van der Waals surface area contributed by atoms with Crippen molar-refractivity contribution in [3.63, 3.8) is 0 Å². The van der Waals surface area contributed by atoms with Crippen molar-refractivity contribution in [3.05, 3.63) is 61.4 Å². The molecule has 1 unspecified atom stereocenters. The topological polar surface area (TPSA) is 62.4 Å². The zero-order chi connectivity index (χ0) is 22.0. The third-order valence-electron chi connectivity index (χ3n) is 5.51. The molecule has 8 heteroatoms. The Morgan fingerprint density at radius 2 is 2.20 bits per heavy atom. The second-order valence-electron chi connectivity index (χ2n) is 7.73. The molecule has 1 N–H and O–H groups in total. The first-order valence-electron chi connectivity index (χ1n) is 9.71. The molecule has 0 saturated heterocycles. The van der Waals surface area contributed by atoms with Crippen molar-refractivity contribution in [2.24, 2.45) is 0 Å². The third-order valence-corrected chi connectivity index (χ3v) is 5.97. The number of carbonyl (C=O) groups excluding carboxylic acids is 1. The molecule has 0 aliphatic carbocycles. The summed E-state index contributed by atoms with van der Waals surface area (Å²) in [4.78, 5) is 30.3. The third kappa shape index (κ3) is 4.48. The lowest BCUT2D eigenvalue weighted by molar-refractivity contribution is -0.133. The highest BCUT2D eigenvalue weighted by Gasteiger charge is 2.30. The Kier molecular flexibility index (Phi) is 6.74. The Morgan fingerprint density at radius 1 is 1.47 bits per heavy atom. The standard InChI is InChI=1S/C22H23B2BrN2O3/c1-4-5-14(25)7-13(23)8-20(28)27(3)19-11-30-10-18-21(19)15-9-17(24)12(2)6-16(15)22(29)26-18/h1,5-7,9,19H,8,10-11,23-24H2,2-3H3,(H,26,29)/b13-7+,14-5+. The number of aromatic nitrogens is 1. The molecule has 1 amide bonds. The molecule has 3 rings (SSSR count). The van der Waals surface area contributed by atoms with Gasteiger partial charge in [-0.05, 0) is 18.4 Å². The fourth-order valence-electron chi connectivity index (χ4n) is 3.76. The number of pyridine rings is 1. The number of aryl methyl sites for hydroxylation is 1. The van der Waals surface area contributed by atoms with Crippen molar-refractivity contribution in [2.45, 2.75) is 26.0 Å². The van der Waals surface area contributed by atoms with Crippen LogP contribution in [0.1, 0.15) is 29.3 Å².